The van der Waals surface area contributed by atoms with Crippen molar-refractivity contribution in [1.29, 1.82) is 0 Å². The molecule has 7 heteroatoms. The van der Waals surface area contributed by atoms with Gasteiger partial charge in [0.25, 0.3) is 5.91 Å². The summed E-state index contributed by atoms with van der Waals surface area (Å²) in [5.74, 6) is -2.48. The van der Waals surface area contributed by atoms with Gasteiger partial charge < -0.3 is 15.3 Å². The van der Waals surface area contributed by atoms with Crippen molar-refractivity contribution in [3.05, 3.63) is 35.4 Å². The first-order chi connectivity index (χ1) is 10.9. The first kappa shape index (κ1) is 17.3. The number of nitrogens with zero attached hydrogens (tertiary/aromatic N) is 1. The van der Waals surface area contributed by atoms with E-state index in [-0.39, 0.29) is 23.9 Å². The molecule has 2 rings (SSSR count). The zero-order valence-electron chi connectivity index (χ0n) is 12.9. The van der Waals surface area contributed by atoms with Crippen molar-refractivity contribution in [3.63, 3.8) is 0 Å². The fraction of sp³-hybridized carbons (Fsp3) is 0.500. The standard InChI is InChI=1S/C16H20F2N2O3/c1-10(21)9-19-15(22)11-4-6-20(7-5-11)16(23)13-3-2-12(17)8-14(13)18/h2-3,8,10-11,21H,4-7,9H2,1H3,(H,19,22). The number of nitrogens with one attached hydrogen (secondary N) is 1. The van der Waals surface area contributed by atoms with E-state index >= 15 is 0 Å². The van der Waals surface area contributed by atoms with E-state index in [1.165, 1.54) is 4.90 Å². The van der Waals surface area contributed by atoms with Crippen LogP contribution in [0.25, 0.3) is 0 Å². The molecule has 0 aromatic heterocycles. The van der Waals surface area contributed by atoms with Crippen LogP contribution in [0.4, 0.5) is 8.78 Å². The number of carbonyl (C=O) groups excluding carboxylic acids is 2. The van der Waals surface area contributed by atoms with Crippen LogP contribution in [0.15, 0.2) is 18.2 Å². The summed E-state index contributed by atoms with van der Waals surface area (Å²) in [6.07, 6.45) is 0.336. The average molecular weight is 326 g/mol. The second kappa shape index (κ2) is 7.50. The molecule has 1 aromatic carbocycles. The summed E-state index contributed by atoms with van der Waals surface area (Å²) in [6.45, 7) is 2.45. The highest BCUT2D eigenvalue weighted by molar-refractivity contribution is 5.94. The highest BCUT2D eigenvalue weighted by Gasteiger charge is 2.28. The van der Waals surface area contributed by atoms with Gasteiger partial charge in [0.15, 0.2) is 0 Å². The Labute approximate surface area is 133 Å². The third-order valence-corrected chi connectivity index (χ3v) is 3.89. The molecule has 1 saturated heterocycles. The summed E-state index contributed by atoms with van der Waals surface area (Å²) >= 11 is 0. The Kier molecular flexibility index (Phi) is 5.65. The Morgan fingerprint density at radius 2 is 2.00 bits per heavy atom. The molecule has 1 aliphatic rings. The summed E-state index contributed by atoms with van der Waals surface area (Å²) in [7, 11) is 0. The van der Waals surface area contributed by atoms with E-state index in [9.17, 15) is 18.4 Å². The summed E-state index contributed by atoms with van der Waals surface area (Å²) < 4.78 is 26.6. The molecule has 1 aromatic rings. The van der Waals surface area contributed by atoms with E-state index in [4.69, 9.17) is 5.11 Å². The molecular weight excluding hydrogens is 306 g/mol. The molecule has 0 aliphatic carbocycles. The van der Waals surface area contributed by atoms with E-state index in [0.717, 1.165) is 12.1 Å². The molecular formula is C16H20F2N2O3. The highest BCUT2D eigenvalue weighted by atomic mass is 19.1. The van der Waals surface area contributed by atoms with Gasteiger partial charge in [-0.2, -0.15) is 0 Å². The first-order valence-corrected chi connectivity index (χ1v) is 7.58. The predicted octanol–water partition coefficient (Wildman–Crippen LogP) is 1.31. The van der Waals surface area contributed by atoms with Crippen LogP contribution >= 0.6 is 0 Å². The van der Waals surface area contributed by atoms with Gasteiger partial charge in [-0.1, -0.05) is 0 Å². The van der Waals surface area contributed by atoms with Crippen LogP contribution in [0.2, 0.25) is 0 Å². The molecule has 5 nitrogen and oxygen atoms in total. The van der Waals surface area contributed by atoms with Crippen molar-refractivity contribution in [2.45, 2.75) is 25.9 Å². The maximum Gasteiger partial charge on any atom is 0.256 e. The molecule has 23 heavy (non-hydrogen) atoms. The minimum absolute atomic E-state index is 0.147. The Morgan fingerprint density at radius 3 is 2.57 bits per heavy atom. The van der Waals surface area contributed by atoms with Gasteiger partial charge in [0.05, 0.1) is 11.7 Å². The lowest BCUT2D eigenvalue weighted by atomic mass is 9.95. The molecule has 1 aliphatic heterocycles. The Hall–Kier alpha value is -2.02. The van der Waals surface area contributed by atoms with Crippen molar-refractivity contribution >= 4 is 11.8 Å². The third kappa shape index (κ3) is 4.48. The average Bonchev–Trinajstić information content (AvgIpc) is 2.52. The van der Waals surface area contributed by atoms with Gasteiger partial charge >= 0.3 is 0 Å². The fourth-order valence-corrected chi connectivity index (χ4v) is 2.57. The summed E-state index contributed by atoms with van der Waals surface area (Å²) in [4.78, 5) is 25.6. The number of likely N-dealkylation sites (tertiary alicyclic amines) is 1. The summed E-state index contributed by atoms with van der Waals surface area (Å²) in [6, 6.07) is 2.87. The van der Waals surface area contributed by atoms with Crippen molar-refractivity contribution in [2.75, 3.05) is 19.6 Å². The van der Waals surface area contributed by atoms with Gasteiger partial charge in [0.1, 0.15) is 11.6 Å². The molecule has 1 fully saturated rings. The first-order valence-electron chi connectivity index (χ1n) is 7.58. The van der Waals surface area contributed by atoms with Crippen molar-refractivity contribution < 1.29 is 23.5 Å². The largest absolute Gasteiger partial charge is 0.392 e. The number of amides is 2. The lowest BCUT2D eigenvalue weighted by molar-refractivity contribution is -0.126. The van der Waals surface area contributed by atoms with Crippen LogP contribution in [0.1, 0.15) is 30.1 Å². The lowest BCUT2D eigenvalue weighted by Crippen LogP contribution is -2.44. The van der Waals surface area contributed by atoms with E-state index in [0.29, 0.717) is 32.0 Å². The minimum atomic E-state index is -0.883. The molecule has 126 valence electrons. The Bertz CT molecular complexity index is 585. The normalized spacial score (nSPS) is 17.0. The Balaban J connectivity index is 1.91. The maximum atomic E-state index is 13.7. The maximum absolute atomic E-state index is 13.7. The van der Waals surface area contributed by atoms with Crippen molar-refractivity contribution in [3.8, 4) is 0 Å². The molecule has 1 unspecified atom stereocenters. The monoisotopic (exact) mass is 326 g/mol. The van der Waals surface area contributed by atoms with Gasteiger partial charge in [0.2, 0.25) is 5.91 Å². The molecule has 1 heterocycles. The molecule has 2 amide bonds. The smallest absolute Gasteiger partial charge is 0.256 e. The van der Waals surface area contributed by atoms with E-state index in [2.05, 4.69) is 5.32 Å². The predicted molar refractivity (Wildman–Crippen MR) is 79.7 cm³/mol. The zero-order valence-corrected chi connectivity index (χ0v) is 12.9. The van der Waals surface area contributed by atoms with Gasteiger partial charge in [-0.3, -0.25) is 9.59 Å². The van der Waals surface area contributed by atoms with E-state index in [1.54, 1.807) is 6.92 Å². The van der Waals surface area contributed by atoms with Crippen LogP contribution in [-0.4, -0.2) is 47.6 Å². The topological polar surface area (TPSA) is 69.6 Å². The Morgan fingerprint density at radius 1 is 1.35 bits per heavy atom. The van der Waals surface area contributed by atoms with Crippen LogP contribution in [0.5, 0.6) is 0 Å². The number of halogens is 2. The van der Waals surface area contributed by atoms with E-state index in [1.807, 2.05) is 0 Å². The molecule has 0 radical (unpaired) electrons. The summed E-state index contributed by atoms with van der Waals surface area (Å²) in [5, 5.41) is 11.8. The van der Waals surface area contributed by atoms with Gasteiger partial charge in [0, 0.05) is 31.6 Å². The van der Waals surface area contributed by atoms with Crippen LogP contribution in [-0.2, 0) is 4.79 Å². The number of hydrogen-bond acceptors (Lipinski definition) is 3. The third-order valence-electron chi connectivity index (χ3n) is 3.89. The SMILES string of the molecule is CC(O)CNC(=O)C1CCN(C(=O)c2ccc(F)cc2F)CC1. The number of hydrogen-bond donors (Lipinski definition) is 2. The van der Waals surface area contributed by atoms with Crippen molar-refractivity contribution in [2.24, 2.45) is 5.92 Å². The summed E-state index contributed by atoms with van der Waals surface area (Å²) in [5.41, 5.74) is -0.164. The van der Waals surface area contributed by atoms with E-state index < -0.39 is 23.6 Å². The zero-order chi connectivity index (χ0) is 17.0. The molecule has 0 saturated carbocycles. The number of aliphatic hydroxyl groups is 1. The number of piperidine rings is 1. The number of rotatable bonds is 4. The molecule has 2 N–H and O–H groups in total. The fourth-order valence-electron chi connectivity index (χ4n) is 2.57. The number of benzene rings is 1. The second-order valence-corrected chi connectivity index (χ2v) is 5.78. The molecule has 1 atom stereocenters. The van der Waals surface area contributed by atoms with Crippen molar-refractivity contribution in [1.82, 2.24) is 10.2 Å². The van der Waals surface area contributed by atoms with Crippen LogP contribution in [0, 0.1) is 17.6 Å². The van der Waals surface area contributed by atoms with Crippen LogP contribution in [0.3, 0.4) is 0 Å². The van der Waals surface area contributed by atoms with Gasteiger partial charge in [-0.15, -0.1) is 0 Å². The number of carbonyl (C=O) groups is 2. The quantitative estimate of drug-likeness (QED) is 0.877. The minimum Gasteiger partial charge on any atom is -0.392 e. The highest BCUT2D eigenvalue weighted by Crippen LogP contribution is 2.20. The molecule has 0 spiro atoms. The van der Waals surface area contributed by atoms with Gasteiger partial charge in [-0.25, -0.2) is 8.78 Å². The van der Waals surface area contributed by atoms with Crippen LogP contribution < -0.4 is 5.32 Å². The lowest BCUT2D eigenvalue weighted by Gasteiger charge is -2.31. The second-order valence-electron chi connectivity index (χ2n) is 5.78. The number of aliphatic hydroxyl groups excluding tert-OH is 1. The molecule has 0 bridgehead atoms. The van der Waals surface area contributed by atoms with Gasteiger partial charge in [-0.05, 0) is 31.9 Å².